The summed E-state index contributed by atoms with van der Waals surface area (Å²) in [5.74, 6) is 0. The minimum absolute atomic E-state index is 0.228. The number of methoxy groups -OCH3 is 1. The first-order valence-electron chi connectivity index (χ1n) is 5.91. The van der Waals surface area contributed by atoms with E-state index in [-0.39, 0.29) is 23.0 Å². The van der Waals surface area contributed by atoms with Crippen LogP contribution in [0.2, 0.25) is 0 Å². The van der Waals surface area contributed by atoms with Gasteiger partial charge in [-0.1, -0.05) is 34.2 Å². The number of hydrogen-bond acceptors (Lipinski definition) is 4. The van der Waals surface area contributed by atoms with E-state index in [2.05, 4.69) is 15.9 Å². The van der Waals surface area contributed by atoms with Crippen LogP contribution in [0.5, 0.6) is 0 Å². The second-order valence-corrected chi connectivity index (χ2v) is 7.45. The van der Waals surface area contributed by atoms with Crippen molar-refractivity contribution in [3.63, 3.8) is 0 Å². The van der Waals surface area contributed by atoms with E-state index in [0.29, 0.717) is 17.5 Å². The molecule has 2 N–H and O–H groups in total. The van der Waals surface area contributed by atoms with Crippen LogP contribution in [0.1, 0.15) is 6.42 Å². The Labute approximate surface area is 133 Å². The Morgan fingerprint density at radius 2 is 2.15 bits per heavy atom. The van der Waals surface area contributed by atoms with Crippen molar-refractivity contribution in [2.24, 2.45) is 5.73 Å². The SMILES string of the molecule is COCCN(CCC(N)=S)S(=O)(=O)c1cccc(Br)c1. The lowest BCUT2D eigenvalue weighted by Crippen LogP contribution is -2.36. The van der Waals surface area contributed by atoms with Gasteiger partial charge >= 0.3 is 0 Å². The van der Waals surface area contributed by atoms with Gasteiger partial charge in [-0.05, 0) is 18.2 Å². The van der Waals surface area contributed by atoms with Crippen molar-refractivity contribution in [2.45, 2.75) is 11.3 Å². The monoisotopic (exact) mass is 380 g/mol. The summed E-state index contributed by atoms with van der Waals surface area (Å²) < 4.78 is 32.1. The van der Waals surface area contributed by atoms with Gasteiger partial charge in [0.25, 0.3) is 0 Å². The average Bonchev–Trinajstić information content (AvgIpc) is 2.38. The molecule has 112 valence electrons. The zero-order valence-corrected chi connectivity index (χ0v) is 14.3. The van der Waals surface area contributed by atoms with Crippen molar-refractivity contribution >= 4 is 43.2 Å². The first-order valence-corrected chi connectivity index (χ1v) is 8.55. The number of nitrogens with two attached hydrogens (primary N) is 1. The van der Waals surface area contributed by atoms with E-state index >= 15 is 0 Å². The molecule has 1 aromatic carbocycles. The van der Waals surface area contributed by atoms with Crippen molar-refractivity contribution in [2.75, 3.05) is 26.8 Å². The molecule has 0 amide bonds. The lowest BCUT2D eigenvalue weighted by atomic mass is 10.4. The van der Waals surface area contributed by atoms with Crippen LogP contribution in [0.25, 0.3) is 0 Å². The number of benzene rings is 1. The lowest BCUT2D eigenvalue weighted by molar-refractivity contribution is 0.179. The van der Waals surface area contributed by atoms with Gasteiger partial charge in [0.2, 0.25) is 10.0 Å². The van der Waals surface area contributed by atoms with Gasteiger partial charge in [0.15, 0.2) is 0 Å². The summed E-state index contributed by atoms with van der Waals surface area (Å²) >= 11 is 8.07. The minimum atomic E-state index is -3.58. The van der Waals surface area contributed by atoms with Gasteiger partial charge in [-0.15, -0.1) is 0 Å². The van der Waals surface area contributed by atoms with E-state index in [1.165, 1.54) is 11.4 Å². The maximum Gasteiger partial charge on any atom is 0.243 e. The maximum absolute atomic E-state index is 12.6. The van der Waals surface area contributed by atoms with Crippen LogP contribution in [-0.4, -0.2) is 44.5 Å². The standard InChI is InChI=1S/C12H17BrN2O3S2/c1-18-8-7-15(6-5-12(14)19)20(16,17)11-4-2-3-10(13)9-11/h2-4,9H,5-8H2,1H3,(H2,14,19). The molecule has 1 rings (SSSR count). The van der Waals surface area contributed by atoms with Crippen molar-refractivity contribution in [1.82, 2.24) is 4.31 Å². The first-order chi connectivity index (χ1) is 9.37. The van der Waals surface area contributed by atoms with Gasteiger partial charge in [0, 0.05) is 31.1 Å². The zero-order chi connectivity index (χ0) is 15.2. The van der Waals surface area contributed by atoms with Crippen LogP contribution in [0, 0.1) is 0 Å². The van der Waals surface area contributed by atoms with E-state index in [1.54, 1.807) is 24.3 Å². The van der Waals surface area contributed by atoms with E-state index in [4.69, 9.17) is 22.7 Å². The van der Waals surface area contributed by atoms with Gasteiger partial charge in [-0.2, -0.15) is 4.31 Å². The Morgan fingerprint density at radius 1 is 1.45 bits per heavy atom. The molecule has 0 saturated carbocycles. The second kappa shape index (κ2) is 8.04. The summed E-state index contributed by atoms with van der Waals surface area (Å²) in [6.45, 7) is 0.812. The number of hydrogen-bond donors (Lipinski definition) is 1. The molecule has 0 aliphatic heterocycles. The summed E-state index contributed by atoms with van der Waals surface area (Å²) in [5.41, 5.74) is 5.45. The van der Waals surface area contributed by atoms with Crippen molar-refractivity contribution in [3.8, 4) is 0 Å². The third kappa shape index (κ3) is 5.10. The number of rotatable bonds is 8. The van der Waals surface area contributed by atoms with Crippen LogP contribution >= 0.6 is 28.1 Å². The quantitative estimate of drug-likeness (QED) is 0.695. The van der Waals surface area contributed by atoms with Crippen LogP contribution in [0.15, 0.2) is 33.6 Å². The number of sulfonamides is 1. The second-order valence-electron chi connectivity index (χ2n) is 4.07. The largest absolute Gasteiger partial charge is 0.393 e. The Hall–Kier alpha value is -0.540. The molecule has 0 spiro atoms. The number of halogens is 1. The maximum atomic E-state index is 12.6. The van der Waals surface area contributed by atoms with Crippen LogP contribution in [-0.2, 0) is 14.8 Å². The fourth-order valence-electron chi connectivity index (χ4n) is 1.56. The van der Waals surface area contributed by atoms with Crippen molar-refractivity contribution in [1.29, 1.82) is 0 Å². The van der Waals surface area contributed by atoms with E-state index < -0.39 is 10.0 Å². The molecule has 20 heavy (non-hydrogen) atoms. The minimum Gasteiger partial charge on any atom is -0.393 e. The number of ether oxygens (including phenoxy) is 1. The van der Waals surface area contributed by atoms with Gasteiger partial charge in [0.05, 0.1) is 16.5 Å². The van der Waals surface area contributed by atoms with Gasteiger partial charge in [-0.3, -0.25) is 0 Å². The molecule has 0 fully saturated rings. The molecular weight excluding hydrogens is 364 g/mol. The molecule has 0 bridgehead atoms. The highest BCUT2D eigenvalue weighted by Gasteiger charge is 2.24. The highest BCUT2D eigenvalue weighted by Crippen LogP contribution is 2.20. The van der Waals surface area contributed by atoms with Crippen molar-refractivity contribution in [3.05, 3.63) is 28.7 Å². The molecule has 1 aromatic rings. The predicted molar refractivity (Wildman–Crippen MR) is 86.2 cm³/mol. The Balaban J connectivity index is 3.00. The summed E-state index contributed by atoms with van der Waals surface area (Å²) in [7, 11) is -2.06. The summed E-state index contributed by atoms with van der Waals surface area (Å²) in [4.78, 5) is 0.516. The first kappa shape index (κ1) is 17.5. The highest BCUT2D eigenvalue weighted by atomic mass is 79.9. The van der Waals surface area contributed by atoms with Gasteiger partial charge in [0.1, 0.15) is 0 Å². The molecule has 0 unspecified atom stereocenters. The Kier molecular flexibility index (Phi) is 7.04. The molecule has 0 aliphatic rings. The topological polar surface area (TPSA) is 72.6 Å². The fraction of sp³-hybridized carbons (Fsp3) is 0.417. The smallest absolute Gasteiger partial charge is 0.243 e. The average molecular weight is 381 g/mol. The number of nitrogens with zero attached hydrogens (tertiary/aromatic N) is 1. The summed E-state index contributed by atoms with van der Waals surface area (Å²) in [5, 5.41) is 0. The molecule has 0 atom stereocenters. The molecular formula is C12H17BrN2O3S2. The van der Waals surface area contributed by atoms with Crippen LogP contribution in [0.3, 0.4) is 0 Å². The summed E-state index contributed by atoms with van der Waals surface area (Å²) in [6, 6.07) is 6.57. The third-order valence-electron chi connectivity index (χ3n) is 2.59. The van der Waals surface area contributed by atoms with Crippen LogP contribution in [0.4, 0.5) is 0 Å². The molecule has 0 aromatic heterocycles. The van der Waals surface area contributed by atoms with E-state index in [1.807, 2.05) is 0 Å². The van der Waals surface area contributed by atoms with E-state index in [9.17, 15) is 8.42 Å². The summed E-state index contributed by atoms with van der Waals surface area (Å²) in [6.07, 6.45) is 0.340. The molecule has 0 radical (unpaired) electrons. The Morgan fingerprint density at radius 3 is 2.70 bits per heavy atom. The Bertz CT molecular complexity index is 564. The highest BCUT2D eigenvalue weighted by molar-refractivity contribution is 9.10. The molecule has 0 heterocycles. The molecule has 0 aliphatic carbocycles. The predicted octanol–water partition coefficient (Wildman–Crippen LogP) is 1.76. The van der Waals surface area contributed by atoms with Gasteiger partial charge in [-0.25, -0.2) is 8.42 Å². The van der Waals surface area contributed by atoms with E-state index in [0.717, 1.165) is 0 Å². The third-order valence-corrected chi connectivity index (χ3v) is 5.18. The lowest BCUT2D eigenvalue weighted by Gasteiger charge is -2.21. The normalized spacial score (nSPS) is 11.8. The molecule has 0 saturated heterocycles. The number of thiocarbonyl (C=S) groups is 1. The fourth-order valence-corrected chi connectivity index (χ4v) is 3.67. The molecule has 8 heteroatoms. The van der Waals surface area contributed by atoms with Crippen molar-refractivity contribution < 1.29 is 13.2 Å². The zero-order valence-electron chi connectivity index (χ0n) is 11.1. The molecule has 5 nitrogen and oxygen atoms in total. The van der Waals surface area contributed by atoms with Crippen LogP contribution < -0.4 is 5.73 Å². The van der Waals surface area contributed by atoms with Gasteiger partial charge < -0.3 is 10.5 Å².